The van der Waals surface area contributed by atoms with E-state index in [0.717, 1.165) is 0 Å². The first-order valence-electron chi connectivity index (χ1n) is 12.7. The van der Waals surface area contributed by atoms with Crippen LogP contribution in [0.4, 0.5) is 13.2 Å². The van der Waals surface area contributed by atoms with E-state index in [1.54, 1.807) is 35.2 Å². The number of morpholine rings is 1. The third-order valence-electron chi connectivity index (χ3n) is 6.71. The van der Waals surface area contributed by atoms with Crippen molar-refractivity contribution in [3.63, 3.8) is 0 Å². The lowest BCUT2D eigenvalue weighted by Crippen LogP contribution is -2.59. The van der Waals surface area contributed by atoms with E-state index in [1.807, 2.05) is 0 Å². The highest BCUT2D eigenvalue weighted by Crippen LogP contribution is 2.27. The van der Waals surface area contributed by atoms with Crippen LogP contribution in [0.3, 0.4) is 0 Å². The van der Waals surface area contributed by atoms with Crippen molar-refractivity contribution in [2.24, 2.45) is 0 Å². The van der Waals surface area contributed by atoms with Crippen LogP contribution in [0.15, 0.2) is 42.7 Å². The van der Waals surface area contributed by atoms with Gasteiger partial charge in [-0.25, -0.2) is 0 Å². The van der Waals surface area contributed by atoms with Gasteiger partial charge < -0.3 is 24.6 Å². The Morgan fingerprint density at radius 3 is 2.64 bits per heavy atom. The number of hydrogen-bond donors (Lipinski definition) is 1. The number of carbonyl (C=O) groups excluding carboxylic acids is 3. The highest BCUT2D eigenvalue weighted by atomic mass is 19.4. The summed E-state index contributed by atoms with van der Waals surface area (Å²) in [4.78, 5) is 42.0. The molecule has 1 N–H and O–H groups in total. The minimum atomic E-state index is -4.45. The summed E-state index contributed by atoms with van der Waals surface area (Å²) < 4.78 is 50.4. The Morgan fingerprint density at radius 2 is 1.87 bits per heavy atom. The van der Waals surface area contributed by atoms with Gasteiger partial charge in [-0.2, -0.15) is 23.4 Å². The van der Waals surface area contributed by atoms with Gasteiger partial charge in [0.25, 0.3) is 11.8 Å². The molecule has 4 rings (SSSR count). The van der Waals surface area contributed by atoms with Gasteiger partial charge >= 0.3 is 6.18 Å². The second kappa shape index (κ2) is 12.4. The van der Waals surface area contributed by atoms with Crippen molar-refractivity contribution in [2.45, 2.75) is 37.5 Å². The zero-order chi connectivity index (χ0) is 27.9. The fourth-order valence-corrected chi connectivity index (χ4v) is 4.63. The van der Waals surface area contributed by atoms with E-state index >= 15 is 0 Å². The third-order valence-corrected chi connectivity index (χ3v) is 6.71. The average Bonchev–Trinajstić information content (AvgIpc) is 2.95. The van der Waals surface area contributed by atoms with E-state index in [1.165, 1.54) is 17.3 Å². The SMILES string of the molecule is O=C1NCC2(CCN(C(=O)CCC(F)(F)F)CCCOc3ccccc31)CN(C(=O)c1ccnnc1)CCO2. The van der Waals surface area contributed by atoms with Crippen molar-refractivity contribution in [2.75, 3.05) is 45.9 Å². The first-order chi connectivity index (χ1) is 18.7. The number of fused-ring (bicyclic) bond motifs is 1. The third kappa shape index (κ3) is 7.65. The molecule has 210 valence electrons. The molecule has 1 atom stereocenters. The Bertz CT molecular complexity index is 1170. The second-order valence-electron chi connectivity index (χ2n) is 9.52. The predicted molar refractivity (Wildman–Crippen MR) is 132 cm³/mol. The number of hydrogen-bond acceptors (Lipinski definition) is 7. The zero-order valence-corrected chi connectivity index (χ0v) is 21.3. The van der Waals surface area contributed by atoms with E-state index in [9.17, 15) is 27.6 Å². The molecule has 2 aromatic rings. The smallest absolute Gasteiger partial charge is 0.389 e. The van der Waals surface area contributed by atoms with Gasteiger partial charge in [-0.15, -0.1) is 0 Å². The number of halogens is 3. The van der Waals surface area contributed by atoms with Crippen molar-refractivity contribution in [1.82, 2.24) is 25.3 Å². The average molecular weight is 550 g/mol. The maximum absolute atomic E-state index is 13.2. The van der Waals surface area contributed by atoms with Crippen LogP contribution >= 0.6 is 0 Å². The van der Waals surface area contributed by atoms with Crippen molar-refractivity contribution in [3.8, 4) is 5.75 Å². The zero-order valence-electron chi connectivity index (χ0n) is 21.3. The van der Waals surface area contributed by atoms with Crippen LogP contribution in [0.2, 0.25) is 0 Å². The second-order valence-corrected chi connectivity index (χ2v) is 9.52. The molecule has 2 aliphatic heterocycles. The number of para-hydroxylation sites is 1. The van der Waals surface area contributed by atoms with Crippen LogP contribution < -0.4 is 10.1 Å². The molecular weight excluding hydrogens is 519 g/mol. The number of nitrogens with zero attached hydrogens (tertiary/aromatic N) is 4. The maximum atomic E-state index is 13.2. The van der Waals surface area contributed by atoms with E-state index in [2.05, 4.69) is 15.5 Å². The molecule has 2 aliphatic rings. The number of rotatable bonds is 3. The molecule has 3 amide bonds. The number of nitrogens with one attached hydrogen (secondary N) is 1. The van der Waals surface area contributed by atoms with Crippen LogP contribution in [-0.4, -0.2) is 95.4 Å². The van der Waals surface area contributed by atoms with Gasteiger partial charge in [0, 0.05) is 32.6 Å². The normalized spacial score (nSPS) is 21.1. The topological polar surface area (TPSA) is 114 Å². The molecule has 0 aliphatic carbocycles. The maximum Gasteiger partial charge on any atom is 0.389 e. The van der Waals surface area contributed by atoms with Gasteiger partial charge in [0.05, 0.1) is 49.7 Å². The molecule has 1 aromatic heterocycles. The summed E-state index contributed by atoms with van der Waals surface area (Å²) in [6, 6.07) is 8.24. The largest absolute Gasteiger partial charge is 0.493 e. The fraction of sp³-hybridized carbons (Fsp3) is 0.500. The lowest BCUT2D eigenvalue weighted by molar-refractivity contribution is -0.150. The molecule has 1 aromatic carbocycles. The van der Waals surface area contributed by atoms with Gasteiger partial charge in [0.2, 0.25) is 5.91 Å². The Hall–Kier alpha value is -3.74. The molecule has 1 saturated heterocycles. The van der Waals surface area contributed by atoms with Gasteiger partial charge in [0.1, 0.15) is 11.4 Å². The molecule has 3 heterocycles. The monoisotopic (exact) mass is 549 g/mol. The van der Waals surface area contributed by atoms with Gasteiger partial charge in [-0.05, 0) is 31.0 Å². The summed E-state index contributed by atoms with van der Waals surface area (Å²) in [5.74, 6) is -0.968. The summed E-state index contributed by atoms with van der Waals surface area (Å²) in [7, 11) is 0. The van der Waals surface area contributed by atoms with E-state index in [4.69, 9.17) is 9.47 Å². The van der Waals surface area contributed by atoms with Crippen LogP contribution in [0.1, 0.15) is 46.4 Å². The molecule has 0 saturated carbocycles. The van der Waals surface area contributed by atoms with Gasteiger partial charge in [0.15, 0.2) is 0 Å². The van der Waals surface area contributed by atoms with Crippen molar-refractivity contribution >= 4 is 17.7 Å². The number of ether oxygens (including phenoxy) is 2. The summed E-state index contributed by atoms with van der Waals surface area (Å²) >= 11 is 0. The van der Waals surface area contributed by atoms with Crippen molar-refractivity contribution in [1.29, 1.82) is 0 Å². The molecule has 13 heteroatoms. The van der Waals surface area contributed by atoms with Gasteiger partial charge in [-0.1, -0.05) is 12.1 Å². The van der Waals surface area contributed by atoms with Crippen LogP contribution in [0.5, 0.6) is 5.75 Å². The summed E-state index contributed by atoms with van der Waals surface area (Å²) in [6.07, 6.45) is -3.04. The number of aromatic nitrogens is 2. The Morgan fingerprint density at radius 1 is 1.05 bits per heavy atom. The quantitative estimate of drug-likeness (QED) is 0.626. The predicted octanol–water partition coefficient (Wildman–Crippen LogP) is 2.46. The molecule has 0 radical (unpaired) electrons. The van der Waals surface area contributed by atoms with Crippen molar-refractivity contribution < 1.29 is 37.0 Å². The minimum absolute atomic E-state index is 0.00310. The van der Waals surface area contributed by atoms with E-state index in [0.29, 0.717) is 29.8 Å². The molecule has 10 nitrogen and oxygen atoms in total. The van der Waals surface area contributed by atoms with Crippen LogP contribution in [0.25, 0.3) is 0 Å². The molecule has 1 spiro atoms. The molecular formula is C26H30F3N5O5. The Balaban J connectivity index is 1.58. The van der Waals surface area contributed by atoms with E-state index < -0.39 is 36.4 Å². The molecule has 1 unspecified atom stereocenters. The number of alkyl halides is 3. The highest BCUT2D eigenvalue weighted by molar-refractivity contribution is 5.97. The lowest BCUT2D eigenvalue weighted by atomic mass is 9.95. The summed E-state index contributed by atoms with van der Waals surface area (Å²) in [6.45, 7) is 0.973. The summed E-state index contributed by atoms with van der Waals surface area (Å²) in [5.41, 5.74) is -0.432. The van der Waals surface area contributed by atoms with Gasteiger partial charge in [-0.3, -0.25) is 14.4 Å². The standard InChI is InChI=1S/C26H30F3N5O5/c27-26(28,29)8-6-22(35)33-11-3-14-38-21-5-2-1-4-20(21)23(36)30-17-25(9-12-33)18-34(13-15-39-25)24(37)19-7-10-31-32-16-19/h1-2,4-5,7,10,16H,3,6,8-9,11-15,17-18H2,(H,30,36). The molecule has 1 fully saturated rings. The van der Waals surface area contributed by atoms with E-state index in [-0.39, 0.29) is 51.7 Å². The molecule has 0 bridgehead atoms. The van der Waals surface area contributed by atoms with Crippen molar-refractivity contribution in [3.05, 3.63) is 53.9 Å². The van der Waals surface area contributed by atoms with Crippen LogP contribution in [0, 0.1) is 0 Å². The number of amides is 3. The Labute approximate surface area is 223 Å². The van der Waals surface area contributed by atoms with Crippen LogP contribution in [-0.2, 0) is 9.53 Å². The highest BCUT2D eigenvalue weighted by Gasteiger charge is 2.40. The minimum Gasteiger partial charge on any atom is -0.493 e. The first-order valence-corrected chi connectivity index (χ1v) is 12.7. The number of carbonyl (C=O) groups is 3. The number of benzene rings is 1. The summed E-state index contributed by atoms with van der Waals surface area (Å²) in [5, 5.41) is 10.3. The molecule has 39 heavy (non-hydrogen) atoms. The first kappa shape index (κ1) is 28.3. The lowest BCUT2D eigenvalue weighted by Gasteiger charge is -2.43. The fourth-order valence-electron chi connectivity index (χ4n) is 4.63. The Kier molecular flexibility index (Phi) is 9.00.